The maximum atomic E-state index is 6.27. The van der Waals surface area contributed by atoms with E-state index in [1.165, 1.54) is 0 Å². The first-order valence-corrected chi connectivity index (χ1v) is 6.81. The molecular weight excluding hydrogens is 254 g/mol. The number of hydrogen-bond donors (Lipinski definition) is 1. The first kappa shape index (κ1) is 15.6. The molecule has 19 heavy (non-hydrogen) atoms. The highest BCUT2D eigenvalue weighted by Gasteiger charge is 2.11. The van der Waals surface area contributed by atoms with Gasteiger partial charge < -0.3 is 5.32 Å². The smallest absolute Gasteiger partial charge is 0.0444 e. The minimum absolute atomic E-state index is 0.784. The molecule has 0 amide bonds. The first-order chi connectivity index (χ1) is 8.86. The van der Waals surface area contributed by atoms with Crippen LogP contribution in [0.1, 0.15) is 37.0 Å². The van der Waals surface area contributed by atoms with Crippen molar-refractivity contribution in [2.75, 3.05) is 0 Å². The van der Waals surface area contributed by atoms with Crippen molar-refractivity contribution in [2.45, 2.75) is 33.6 Å². The number of rotatable bonds is 6. The molecule has 0 fully saturated rings. The van der Waals surface area contributed by atoms with Gasteiger partial charge in [0, 0.05) is 22.0 Å². The predicted molar refractivity (Wildman–Crippen MR) is 86.3 cm³/mol. The van der Waals surface area contributed by atoms with Crippen LogP contribution in [-0.4, -0.2) is 0 Å². The van der Waals surface area contributed by atoms with E-state index in [0.29, 0.717) is 0 Å². The van der Waals surface area contributed by atoms with Gasteiger partial charge >= 0.3 is 0 Å². The fourth-order valence-electron chi connectivity index (χ4n) is 1.94. The highest BCUT2D eigenvalue weighted by molar-refractivity contribution is 6.31. The lowest BCUT2D eigenvalue weighted by atomic mass is 9.96. The third-order valence-electron chi connectivity index (χ3n) is 3.10. The maximum absolute atomic E-state index is 6.27. The van der Waals surface area contributed by atoms with Gasteiger partial charge in [-0.15, -0.1) is 0 Å². The van der Waals surface area contributed by atoms with E-state index >= 15 is 0 Å². The van der Waals surface area contributed by atoms with E-state index < -0.39 is 0 Å². The minimum Gasteiger partial charge on any atom is -0.359 e. The van der Waals surface area contributed by atoms with Crippen LogP contribution in [0.25, 0.3) is 5.70 Å². The summed E-state index contributed by atoms with van der Waals surface area (Å²) in [5.41, 5.74) is 6.27. The van der Waals surface area contributed by atoms with Crippen LogP contribution in [0.15, 0.2) is 43.1 Å². The molecule has 102 valence electrons. The van der Waals surface area contributed by atoms with E-state index in [-0.39, 0.29) is 0 Å². The van der Waals surface area contributed by atoms with Gasteiger partial charge in [-0.05, 0) is 43.9 Å². The third kappa shape index (κ3) is 4.00. The lowest BCUT2D eigenvalue weighted by molar-refractivity contribution is 0.966. The lowest BCUT2D eigenvalue weighted by Gasteiger charge is -2.17. The van der Waals surface area contributed by atoms with Crippen molar-refractivity contribution in [2.24, 2.45) is 0 Å². The Morgan fingerprint density at radius 2 is 1.89 bits per heavy atom. The fourth-order valence-corrected chi connectivity index (χ4v) is 2.21. The molecular formula is C17H22ClN. The first-order valence-electron chi connectivity index (χ1n) is 6.43. The Bertz CT molecular complexity index is 526. The Labute approximate surface area is 121 Å². The highest BCUT2D eigenvalue weighted by Crippen LogP contribution is 2.28. The lowest BCUT2D eigenvalue weighted by Crippen LogP contribution is -2.11. The average Bonchev–Trinajstić information content (AvgIpc) is 2.33. The van der Waals surface area contributed by atoms with E-state index in [4.69, 9.17) is 11.6 Å². The minimum atomic E-state index is 0.784. The number of benzene rings is 1. The molecule has 0 saturated heterocycles. The van der Waals surface area contributed by atoms with Crippen LogP contribution in [0.4, 0.5) is 0 Å². The molecule has 1 aromatic carbocycles. The van der Waals surface area contributed by atoms with Crippen molar-refractivity contribution in [3.8, 4) is 0 Å². The van der Waals surface area contributed by atoms with Gasteiger partial charge in [0.25, 0.3) is 0 Å². The second-order valence-corrected chi connectivity index (χ2v) is 5.30. The van der Waals surface area contributed by atoms with E-state index in [2.05, 4.69) is 38.9 Å². The molecule has 2 heteroatoms. The number of allylic oxidation sites excluding steroid dienone is 2. The molecule has 1 N–H and O–H groups in total. The molecule has 0 unspecified atom stereocenters. The normalized spacial score (nSPS) is 10.1. The number of hydrogen-bond acceptors (Lipinski definition) is 1. The zero-order valence-electron chi connectivity index (χ0n) is 12.1. The Balaban J connectivity index is 3.13. The molecule has 1 rings (SSSR count). The standard InChI is InChI=1S/C17H22ClN/c1-7-12(4)19-14(6)15-8-9-17(18)16(13(15)5)10-11(2)3/h8-9,19H,2,4,6-7,10H2,1,3,5H3. The van der Waals surface area contributed by atoms with Gasteiger partial charge in [0.15, 0.2) is 0 Å². The van der Waals surface area contributed by atoms with Crippen LogP contribution in [0.5, 0.6) is 0 Å². The van der Waals surface area contributed by atoms with Crippen molar-refractivity contribution >= 4 is 17.3 Å². The molecule has 1 aromatic rings. The molecule has 1 nitrogen and oxygen atoms in total. The van der Waals surface area contributed by atoms with Gasteiger partial charge in [-0.25, -0.2) is 0 Å². The summed E-state index contributed by atoms with van der Waals surface area (Å²) in [6.07, 6.45) is 1.67. The van der Waals surface area contributed by atoms with Crippen LogP contribution < -0.4 is 5.32 Å². The van der Waals surface area contributed by atoms with Crippen LogP contribution in [0, 0.1) is 6.92 Å². The summed E-state index contributed by atoms with van der Waals surface area (Å²) in [7, 11) is 0. The summed E-state index contributed by atoms with van der Waals surface area (Å²) in [4.78, 5) is 0. The zero-order chi connectivity index (χ0) is 14.6. The molecule has 0 bridgehead atoms. The summed E-state index contributed by atoms with van der Waals surface area (Å²) in [6, 6.07) is 3.92. The fraction of sp³-hybridized carbons (Fsp3) is 0.294. The molecule has 0 spiro atoms. The Kier molecular flexibility index (Phi) is 5.44. The second kappa shape index (κ2) is 6.63. The summed E-state index contributed by atoms with van der Waals surface area (Å²) < 4.78 is 0. The quantitative estimate of drug-likeness (QED) is 0.699. The third-order valence-corrected chi connectivity index (χ3v) is 3.45. The van der Waals surface area contributed by atoms with Gasteiger partial charge in [-0.3, -0.25) is 0 Å². The van der Waals surface area contributed by atoms with Crippen molar-refractivity contribution in [3.05, 3.63) is 64.9 Å². The molecule has 0 radical (unpaired) electrons. The molecule has 0 aromatic heterocycles. The van der Waals surface area contributed by atoms with Crippen LogP contribution >= 0.6 is 11.6 Å². The number of nitrogens with one attached hydrogen (secondary N) is 1. The average molecular weight is 276 g/mol. The maximum Gasteiger partial charge on any atom is 0.0444 e. The SMILES string of the molecule is C=C(C)Cc1c(Cl)ccc(C(=C)NC(=C)CC)c1C. The second-order valence-electron chi connectivity index (χ2n) is 4.89. The highest BCUT2D eigenvalue weighted by atomic mass is 35.5. The molecule has 0 aliphatic heterocycles. The Hall–Kier alpha value is -1.47. The van der Waals surface area contributed by atoms with Crippen molar-refractivity contribution < 1.29 is 0 Å². The summed E-state index contributed by atoms with van der Waals surface area (Å²) in [5, 5.41) is 4.02. The van der Waals surface area contributed by atoms with E-state index in [1.807, 2.05) is 19.1 Å². The zero-order valence-corrected chi connectivity index (χ0v) is 12.8. The van der Waals surface area contributed by atoms with E-state index in [9.17, 15) is 0 Å². The molecule has 0 atom stereocenters. The summed E-state index contributed by atoms with van der Waals surface area (Å²) in [5.74, 6) is 0. The van der Waals surface area contributed by atoms with Crippen LogP contribution in [0.3, 0.4) is 0 Å². The van der Waals surface area contributed by atoms with Gasteiger partial charge in [-0.2, -0.15) is 0 Å². The molecule has 0 aliphatic carbocycles. The van der Waals surface area contributed by atoms with Crippen molar-refractivity contribution in [1.29, 1.82) is 0 Å². The van der Waals surface area contributed by atoms with E-state index in [1.54, 1.807) is 0 Å². The Morgan fingerprint density at radius 3 is 2.42 bits per heavy atom. The Morgan fingerprint density at radius 1 is 1.26 bits per heavy atom. The summed E-state index contributed by atoms with van der Waals surface area (Å²) >= 11 is 6.27. The summed E-state index contributed by atoms with van der Waals surface area (Å²) in [6.45, 7) is 18.1. The van der Waals surface area contributed by atoms with Gasteiger partial charge in [0.2, 0.25) is 0 Å². The van der Waals surface area contributed by atoms with Crippen molar-refractivity contribution in [1.82, 2.24) is 5.32 Å². The largest absolute Gasteiger partial charge is 0.359 e. The van der Waals surface area contributed by atoms with Crippen molar-refractivity contribution in [3.63, 3.8) is 0 Å². The predicted octanol–water partition coefficient (Wildman–Crippen LogP) is 5.25. The molecule has 0 saturated carbocycles. The van der Waals surface area contributed by atoms with Gasteiger partial charge in [-0.1, -0.05) is 49.9 Å². The van der Waals surface area contributed by atoms with E-state index in [0.717, 1.165) is 51.5 Å². The topological polar surface area (TPSA) is 12.0 Å². The number of halogens is 1. The van der Waals surface area contributed by atoms with Gasteiger partial charge in [0.1, 0.15) is 0 Å². The van der Waals surface area contributed by atoms with Gasteiger partial charge in [0.05, 0.1) is 0 Å². The monoisotopic (exact) mass is 275 g/mol. The van der Waals surface area contributed by atoms with Crippen LogP contribution in [-0.2, 0) is 6.42 Å². The molecule has 0 aliphatic rings. The molecule has 0 heterocycles. The van der Waals surface area contributed by atoms with Crippen LogP contribution in [0.2, 0.25) is 5.02 Å².